The molecule has 2 aliphatic heterocycles. The van der Waals surface area contributed by atoms with E-state index in [-0.39, 0.29) is 42.0 Å². The van der Waals surface area contributed by atoms with Crippen molar-refractivity contribution in [1.29, 1.82) is 0 Å². The molecular weight excluding hydrogens is 576 g/mol. The number of fused-ring (bicyclic) bond motifs is 1. The number of halogens is 2. The van der Waals surface area contributed by atoms with Gasteiger partial charge in [0.2, 0.25) is 0 Å². The van der Waals surface area contributed by atoms with Crippen LogP contribution >= 0.6 is 0 Å². The lowest BCUT2D eigenvalue weighted by atomic mass is 9.77. The van der Waals surface area contributed by atoms with E-state index >= 15 is 0 Å². The number of hydrogen-bond acceptors (Lipinski definition) is 6. The van der Waals surface area contributed by atoms with Gasteiger partial charge in [-0.25, -0.2) is 13.8 Å². The van der Waals surface area contributed by atoms with E-state index in [2.05, 4.69) is 4.90 Å². The van der Waals surface area contributed by atoms with E-state index in [1.54, 1.807) is 50.6 Å². The molecule has 45 heavy (non-hydrogen) atoms. The number of likely N-dealkylation sites (tertiary alicyclic amines) is 1. The van der Waals surface area contributed by atoms with Crippen LogP contribution in [0.3, 0.4) is 0 Å². The zero-order valence-corrected chi connectivity index (χ0v) is 26.0. The average Bonchev–Trinajstić information content (AvgIpc) is 3.47. The lowest BCUT2D eigenvalue weighted by Gasteiger charge is -2.34. The van der Waals surface area contributed by atoms with E-state index in [4.69, 9.17) is 19.3 Å². The summed E-state index contributed by atoms with van der Waals surface area (Å²) in [5.74, 6) is 1.69. The van der Waals surface area contributed by atoms with E-state index in [0.717, 1.165) is 84.7 Å². The van der Waals surface area contributed by atoms with Crippen LogP contribution in [0.15, 0.2) is 71.3 Å². The Bertz CT molecular complexity index is 1560. The maximum Gasteiger partial charge on any atom is 0.257 e. The molecule has 2 fully saturated rings. The normalized spacial score (nSPS) is 21.4. The van der Waals surface area contributed by atoms with Crippen molar-refractivity contribution in [1.82, 2.24) is 9.91 Å². The highest BCUT2D eigenvalue weighted by Crippen LogP contribution is 2.45. The summed E-state index contributed by atoms with van der Waals surface area (Å²) in [6, 6.07) is 16.3. The molecule has 1 amide bonds. The first kappa shape index (κ1) is 30.8. The van der Waals surface area contributed by atoms with Crippen LogP contribution in [0.1, 0.15) is 60.8 Å². The third-order valence-corrected chi connectivity index (χ3v) is 9.29. The Balaban J connectivity index is 1.22. The number of ether oxygens (including phenoxy) is 3. The van der Waals surface area contributed by atoms with Crippen molar-refractivity contribution in [2.24, 2.45) is 11.0 Å². The maximum atomic E-state index is 14.0. The monoisotopic (exact) mass is 615 g/mol. The van der Waals surface area contributed by atoms with Crippen LogP contribution in [-0.2, 0) is 4.79 Å². The van der Waals surface area contributed by atoms with E-state index in [1.165, 1.54) is 24.3 Å². The molecule has 0 radical (unpaired) electrons. The van der Waals surface area contributed by atoms with Crippen molar-refractivity contribution in [3.8, 4) is 17.2 Å². The minimum atomic E-state index is -0.315. The Morgan fingerprint density at radius 2 is 1.51 bits per heavy atom. The summed E-state index contributed by atoms with van der Waals surface area (Å²) in [5.41, 5.74) is 4.74. The van der Waals surface area contributed by atoms with Gasteiger partial charge in [-0.05, 0) is 98.2 Å². The lowest BCUT2D eigenvalue weighted by Crippen LogP contribution is -2.42. The highest BCUT2D eigenvalue weighted by atomic mass is 19.1. The molecule has 2 unspecified atom stereocenters. The molecule has 0 spiro atoms. The van der Waals surface area contributed by atoms with Gasteiger partial charge in [0.05, 0.1) is 39.6 Å². The second kappa shape index (κ2) is 13.4. The third kappa shape index (κ3) is 6.45. The molecule has 7 nitrogen and oxygen atoms in total. The van der Waals surface area contributed by atoms with Gasteiger partial charge in [-0.3, -0.25) is 9.69 Å². The molecule has 1 saturated heterocycles. The molecule has 1 saturated carbocycles. The van der Waals surface area contributed by atoms with Crippen LogP contribution in [0.25, 0.3) is 6.08 Å². The Morgan fingerprint density at radius 1 is 0.889 bits per heavy atom. The minimum Gasteiger partial charge on any atom is -0.496 e. The van der Waals surface area contributed by atoms with Crippen molar-refractivity contribution < 1.29 is 27.8 Å². The van der Waals surface area contributed by atoms with Crippen LogP contribution in [0.5, 0.6) is 17.2 Å². The first-order chi connectivity index (χ1) is 21.9. The Kier molecular flexibility index (Phi) is 9.16. The van der Waals surface area contributed by atoms with Gasteiger partial charge < -0.3 is 14.2 Å². The van der Waals surface area contributed by atoms with Crippen LogP contribution in [0, 0.1) is 17.6 Å². The number of rotatable bonds is 8. The second-order valence-electron chi connectivity index (χ2n) is 11.9. The average molecular weight is 616 g/mol. The van der Waals surface area contributed by atoms with E-state index in [9.17, 15) is 13.6 Å². The summed E-state index contributed by atoms with van der Waals surface area (Å²) in [7, 11) is 4.92. The van der Waals surface area contributed by atoms with E-state index in [1.807, 2.05) is 18.2 Å². The molecule has 1 aliphatic carbocycles. The van der Waals surface area contributed by atoms with Gasteiger partial charge in [-0.1, -0.05) is 24.3 Å². The molecule has 3 aromatic rings. The molecular formula is C36H39F2N3O4. The van der Waals surface area contributed by atoms with Gasteiger partial charge in [-0.2, -0.15) is 5.10 Å². The van der Waals surface area contributed by atoms with Crippen molar-refractivity contribution in [3.05, 3.63) is 94.6 Å². The second-order valence-corrected chi connectivity index (χ2v) is 11.9. The molecule has 3 aromatic carbocycles. The van der Waals surface area contributed by atoms with Gasteiger partial charge in [0, 0.05) is 23.6 Å². The molecule has 0 bridgehead atoms. The summed E-state index contributed by atoms with van der Waals surface area (Å²) >= 11 is 0. The standard InChI is InChI=1S/C36H39F2N3O4/c1-43-29-20-31(44-2)34(32(21-29)45-3)24-15-17-40(18-16-24)22-33(42)41-36(25-9-13-28(38)14-10-25)30-6-4-5-26(35(30)39-41)19-23-7-11-27(37)12-8-23/h7-14,19-21,24,30,36H,4-6,15-18,22H2,1-3H3/b26-19-. The van der Waals surface area contributed by atoms with E-state index in [0.29, 0.717) is 5.75 Å². The number of carbonyl (C=O) groups excluding carboxylic acids is 1. The Hall–Kier alpha value is -4.24. The first-order valence-electron chi connectivity index (χ1n) is 15.5. The zero-order chi connectivity index (χ0) is 31.5. The van der Waals surface area contributed by atoms with Gasteiger partial charge in [0.1, 0.15) is 28.9 Å². The molecule has 9 heteroatoms. The van der Waals surface area contributed by atoms with E-state index < -0.39 is 0 Å². The Labute approximate surface area is 263 Å². The molecule has 2 atom stereocenters. The molecule has 6 rings (SSSR count). The predicted octanol–water partition coefficient (Wildman–Crippen LogP) is 6.99. The summed E-state index contributed by atoms with van der Waals surface area (Å²) in [5, 5.41) is 6.61. The van der Waals surface area contributed by atoms with Crippen LogP contribution in [0.2, 0.25) is 0 Å². The number of hydrogen-bond donors (Lipinski definition) is 0. The fourth-order valence-electron chi connectivity index (χ4n) is 7.04. The number of methoxy groups -OCH3 is 3. The van der Waals surface area contributed by atoms with Crippen LogP contribution < -0.4 is 14.2 Å². The van der Waals surface area contributed by atoms with Crippen molar-refractivity contribution in [2.45, 2.75) is 44.1 Å². The number of nitrogens with zero attached hydrogens (tertiary/aromatic N) is 3. The fraction of sp³-hybridized carbons (Fsp3) is 0.389. The lowest BCUT2D eigenvalue weighted by molar-refractivity contribution is -0.135. The fourth-order valence-corrected chi connectivity index (χ4v) is 7.04. The summed E-state index contributed by atoms with van der Waals surface area (Å²) < 4.78 is 44.3. The molecule has 3 aliphatic rings. The highest BCUT2D eigenvalue weighted by molar-refractivity contribution is 6.08. The number of hydrazone groups is 1. The summed E-state index contributed by atoms with van der Waals surface area (Å²) in [4.78, 5) is 16.2. The largest absolute Gasteiger partial charge is 0.496 e. The topological polar surface area (TPSA) is 63.6 Å². The molecule has 0 aromatic heterocycles. The number of allylic oxidation sites excluding steroid dienone is 1. The number of amides is 1. The van der Waals surface area contributed by atoms with Crippen molar-refractivity contribution in [2.75, 3.05) is 41.0 Å². The zero-order valence-electron chi connectivity index (χ0n) is 26.0. The first-order valence-corrected chi connectivity index (χ1v) is 15.5. The van der Waals surface area contributed by atoms with Crippen LogP contribution in [-0.4, -0.2) is 62.5 Å². The van der Waals surface area contributed by atoms with Crippen LogP contribution in [0.4, 0.5) is 8.78 Å². The van der Waals surface area contributed by atoms with Gasteiger partial charge in [0.25, 0.3) is 5.91 Å². The Morgan fingerprint density at radius 3 is 2.11 bits per heavy atom. The van der Waals surface area contributed by atoms with Crippen molar-refractivity contribution >= 4 is 17.7 Å². The quantitative estimate of drug-likeness (QED) is 0.273. The number of benzene rings is 3. The molecule has 236 valence electrons. The van der Waals surface area contributed by atoms with Gasteiger partial charge in [-0.15, -0.1) is 0 Å². The maximum absolute atomic E-state index is 14.0. The molecule has 0 N–H and O–H groups in total. The highest BCUT2D eigenvalue weighted by Gasteiger charge is 2.44. The smallest absolute Gasteiger partial charge is 0.257 e. The minimum absolute atomic E-state index is 0.000553. The summed E-state index contributed by atoms with van der Waals surface area (Å²) in [6.45, 7) is 1.71. The van der Waals surface area contributed by atoms with Gasteiger partial charge in [0.15, 0.2) is 0 Å². The summed E-state index contributed by atoms with van der Waals surface area (Å²) in [6.07, 6.45) is 6.39. The predicted molar refractivity (Wildman–Crippen MR) is 170 cm³/mol. The number of carbonyl (C=O) groups is 1. The molecule has 2 heterocycles. The van der Waals surface area contributed by atoms with Gasteiger partial charge >= 0.3 is 0 Å². The SMILES string of the molecule is COc1cc(OC)c(C2CCN(CC(=O)N3N=C4/C(=C\c5ccc(F)cc5)CCCC4C3c3ccc(F)cc3)CC2)c(OC)c1. The number of piperidine rings is 1. The van der Waals surface area contributed by atoms with Crippen molar-refractivity contribution in [3.63, 3.8) is 0 Å². The third-order valence-electron chi connectivity index (χ3n) is 9.29.